The van der Waals surface area contributed by atoms with Gasteiger partial charge in [-0.2, -0.15) is 9.98 Å². The largest absolute Gasteiger partial charge is 0.348 e. The molecule has 0 aromatic rings. The lowest BCUT2D eigenvalue weighted by atomic mass is 9.82. The van der Waals surface area contributed by atoms with E-state index >= 15 is 0 Å². The highest BCUT2D eigenvalue weighted by atomic mass is 32.1. The third-order valence-corrected chi connectivity index (χ3v) is 2.34. The molecule has 0 radical (unpaired) electrons. The maximum atomic E-state index is 10.9. The normalized spacial score (nSPS) is 25.5. The molecule has 1 aliphatic heterocycles. The zero-order valence-corrected chi connectivity index (χ0v) is 9.68. The average Bonchev–Trinajstić information content (AvgIpc) is 2.30. The maximum absolute atomic E-state index is 10.9. The molecule has 16 heavy (non-hydrogen) atoms. The highest BCUT2D eigenvalue weighted by molar-refractivity contribution is 7.78. The third-order valence-electron chi connectivity index (χ3n) is 2.16. The van der Waals surface area contributed by atoms with Gasteiger partial charge in [-0.3, -0.25) is 0 Å². The van der Waals surface area contributed by atoms with Crippen molar-refractivity contribution in [2.45, 2.75) is 12.2 Å². The molecule has 0 fully saturated rings. The van der Waals surface area contributed by atoms with E-state index in [1.165, 1.54) is 12.3 Å². The highest BCUT2D eigenvalue weighted by Crippen LogP contribution is 2.31. The first-order chi connectivity index (χ1) is 7.66. The van der Waals surface area contributed by atoms with E-state index in [0.717, 1.165) is 0 Å². The van der Waals surface area contributed by atoms with Gasteiger partial charge < -0.3 is 14.9 Å². The highest BCUT2D eigenvalue weighted by Gasteiger charge is 2.42. The first-order valence-corrected chi connectivity index (χ1v) is 5.04. The number of allylic oxidation sites excluding steroid dienone is 1. The summed E-state index contributed by atoms with van der Waals surface area (Å²) in [5, 5.41) is 7.07. The molecule has 0 amide bonds. The molecule has 0 aromatic carbocycles. The summed E-state index contributed by atoms with van der Waals surface area (Å²) in [4.78, 5) is 29.4. The summed E-state index contributed by atoms with van der Waals surface area (Å²) in [6.07, 6.45) is 3.91. The lowest BCUT2D eigenvalue weighted by molar-refractivity contribution is -0.125. The van der Waals surface area contributed by atoms with Gasteiger partial charge in [-0.15, -0.1) is 0 Å². The van der Waals surface area contributed by atoms with Gasteiger partial charge in [0.05, 0.1) is 10.3 Å². The Morgan fingerprint density at radius 3 is 2.25 bits per heavy atom. The van der Waals surface area contributed by atoms with Crippen molar-refractivity contribution in [3.8, 4) is 0 Å². The topological polar surface area (TPSA) is 70.9 Å². The number of nitrogens with zero attached hydrogens (tertiary/aromatic N) is 2. The van der Waals surface area contributed by atoms with Gasteiger partial charge in [0.15, 0.2) is 0 Å². The van der Waals surface area contributed by atoms with Gasteiger partial charge in [0.2, 0.25) is 5.79 Å². The van der Waals surface area contributed by atoms with Gasteiger partial charge in [0.25, 0.3) is 0 Å². The molecule has 7 heteroatoms. The molecule has 1 heterocycles. The third kappa shape index (κ3) is 2.35. The zero-order chi connectivity index (χ0) is 12.1. The summed E-state index contributed by atoms with van der Waals surface area (Å²) in [5.41, 5.74) is -1.27. The van der Waals surface area contributed by atoms with Crippen LogP contribution in [-0.2, 0) is 9.59 Å². The van der Waals surface area contributed by atoms with E-state index in [9.17, 15) is 9.59 Å². The monoisotopic (exact) mass is 253 g/mol. The van der Waals surface area contributed by atoms with Gasteiger partial charge in [0.1, 0.15) is 18.0 Å². The number of nitrogens with one attached hydrogen (secondary N) is 1. The molecule has 0 saturated carbocycles. The maximum Gasteiger partial charge on any atom is 0.244 e. The Morgan fingerprint density at radius 1 is 1.25 bits per heavy atom. The van der Waals surface area contributed by atoms with Gasteiger partial charge >= 0.3 is 0 Å². The Morgan fingerprint density at radius 2 is 1.81 bits per heavy atom. The molecule has 0 aliphatic carbocycles. The number of aldehydes is 2. The summed E-state index contributed by atoms with van der Waals surface area (Å²) < 4.78 is 0. The summed E-state index contributed by atoms with van der Waals surface area (Å²) >= 11 is 8.97. The minimum Gasteiger partial charge on any atom is -0.348 e. The summed E-state index contributed by atoms with van der Waals surface area (Å²) in [6, 6.07) is 0. The van der Waals surface area contributed by atoms with Crippen LogP contribution in [0.15, 0.2) is 22.3 Å². The van der Waals surface area contributed by atoms with Crippen LogP contribution in [0.1, 0.15) is 6.42 Å². The fourth-order valence-corrected chi connectivity index (χ4v) is 1.68. The Bertz CT molecular complexity index is 408. The summed E-state index contributed by atoms with van der Waals surface area (Å²) in [6.45, 7) is 0. The number of hydrogen-bond acceptors (Lipinski definition) is 7. The average molecular weight is 253 g/mol. The van der Waals surface area contributed by atoms with Crippen LogP contribution in [0, 0.1) is 5.41 Å². The number of hydrogen-bond donors (Lipinski definition) is 1. The fourth-order valence-electron chi connectivity index (χ4n) is 1.38. The van der Waals surface area contributed by atoms with Crippen molar-refractivity contribution in [1.82, 2.24) is 5.32 Å². The number of isothiocyanates is 2. The molecular formula is C9H7N3O2S2. The predicted molar refractivity (Wildman–Crippen MR) is 64.2 cm³/mol. The molecule has 0 unspecified atom stereocenters. The van der Waals surface area contributed by atoms with Crippen LogP contribution in [0.2, 0.25) is 0 Å². The second-order valence-electron chi connectivity index (χ2n) is 3.23. The molecule has 0 spiro atoms. The standard InChI is InChI=1S/C9H7N3O2S2/c13-4-8(5-14)1-2-10-9(3-8,11-6-15)12-7-16/h1-2,4-5,10H,3H2. The lowest BCUT2D eigenvalue weighted by Crippen LogP contribution is -2.47. The number of carbonyl (C=O) groups is 2. The van der Waals surface area contributed by atoms with Crippen LogP contribution in [0.5, 0.6) is 0 Å². The van der Waals surface area contributed by atoms with Crippen LogP contribution < -0.4 is 5.32 Å². The van der Waals surface area contributed by atoms with E-state index in [4.69, 9.17) is 0 Å². The van der Waals surface area contributed by atoms with E-state index in [1.54, 1.807) is 0 Å². The van der Waals surface area contributed by atoms with Crippen molar-refractivity contribution in [3.63, 3.8) is 0 Å². The molecule has 1 N–H and O–H groups in total. The van der Waals surface area contributed by atoms with Gasteiger partial charge in [0, 0.05) is 6.42 Å². The van der Waals surface area contributed by atoms with E-state index in [-0.39, 0.29) is 6.42 Å². The van der Waals surface area contributed by atoms with Crippen LogP contribution in [-0.4, -0.2) is 28.7 Å². The molecular weight excluding hydrogens is 246 g/mol. The fraction of sp³-hybridized carbons (Fsp3) is 0.333. The van der Waals surface area contributed by atoms with Crippen molar-refractivity contribution in [2.24, 2.45) is 15.4 Å². The van der Waals surface area contributed by atoms with Crippen molar-refractivity contribution in [3.05, 3.63) is 12.3 Å². The van der Waals surface area contributed by atoms with Gasteiger partial charge in [-0.25, -0.2) is 0 Å². The van der Waals surface area contributed by atoms with Gasteiger partial charge in [-0.05, 0) is 36.7 Å². The predicted octanol–water partition coefficient (Wildman–Crippen LogP) is 0.737. The lowest BCUT2D eigenvalue weighted by Gasteiger charge is -2.33. The number of thiocarbonyl (C=S) groups is 2. The second kappa shape index (κ2) is 5.01. The zero-order valence-electron chi connectivity index (χ0n) is 8.04. The minimum absolute atomic E-state index is 0.00319. The second-order valence-corrected chi connectivity index (χ2v) is 3.59. The van der Waals surface area contributed by atoms with E-state index in [1.807, 2.05) is 0 Å². The number of rotatable bonds is 4. The summed E-state index contributed by atoms with van der Waals surface area (Å²) in [5.74, 6) is -1.26. The molecule has 0 aromatic heterocycles. The van der Waals surface area contributed by atoms with Crippen molar-refractivity contribution < 1.29 is 9.59 Å². The molecule has 1 rings (SSSR count). The first kappa shape index (κ1) is 12.5. The summed E-state index contributed by atoms with van der Waals surface area (Å²) in [7, 11) is 0. The van der Waals surface area contributed by atoms with Crippen LogP contribution in [0.3, 0.4) is 0 Å². The molecule has 5 nitrogen and oxygen atoms in total. The van der Waals surface area contributed by atoms with E-state index < -0.39 is 11.2 Å². The van der Waals surface area contributed by atoms with Crippen LogP contribution >= 0.6 is 24.4 Å². The molecule has 0 atom stereocenters. The first-order valence-electron chi connectivity index (χ1n) is 4.22. The molecule has 0 saturated heterocycles. The Hall–Kier alpha value is -1.52. The number of aliphatic imine (C=N–C) groups is 2. The molecule has 82 valence electrons. The van der Waals surface area contributed by atoms with Crippen LogP contribution in [0.4, 0.5) is 0 Å². The minimum atomic E-state index is -1.27. The van der Waals surface area contributed by atoms with Crippen molar-refractivity contribution >= 4 is 47.3 Å². The quantitative estimate of drug-likeness (QED) is 0.346. The Kier molecular flexibility index (Phi) is 3.93. The molecule has 0 bridgehead atoms. The Balaban J connectivity index is 3.23. The Labute approximate surface area is 102 Å². The number of carbonyl (C=O) groups excluding carboxylic acids is 2. The van der Waals surface area contributed by atoms with Gasteiger partial charge in [-0.1, -0.05) is 0 Å². The SMILES string of the molecule is O=CC1(C=O)C=CNC(N=C=S)(N=C=S)C1. The van der Waals surface area contributed by atoms with Crippen molar-refractivity contribution in [2.75, 3.05) is 0 Å². The van der Waals surface area contributed by atoms with Crippen LogP contribution in [0.25, 0.3) is 0 Å². The smallest absolute Gasteiger partial charge is 0.244 e. The van der Waals surface area contributed by atoms with E-state index in [0.29, 0.717) is 12.6 Å². The van der Waals surface area contributed by atoms with Crippen molar-refractivity contribution in [1.29, 1.82) is 0 Å². The molecule has 1 aliphatic rings. The van der Waals surface area contributed by atoms with E-state index in [2.05, 4.69) is 50.1 Å².